The fourth-order valence-electron chi connectivity index (χ4n) is 4.71. The molecule has 2 amide bonds. The van der Waals surface area contributed by atoms with Crippen LogP contribution in [0.15, 0.2) is 114 Å². The Kier molecular flexibility index (Phi) is 8.30. The quantitative estimate of drug-likeness (QED) is 0.289. The summed E-state index contributed by atoms with van der Waals surface area (Å²) >= 11 is 1.17. The lowest BCUT2D eigenvalue weighted by Gasteiger charge is -2.49. The number of fused-ring (bicyclic) bond motifs is 1. The van der Waals surface area contributed by atoms with Crippen LogP contribution in [0.1, 0.15) is 22.8 Å². The van der Waals surface area contributed by atoms with E-state index < -0.39 is 35.6 Å². The van der Waals surface area contributed by atoms with Gasteiger partial charge in [-0.05, 0) is 22.3 Å². The van der Waals surface area contributed by atoms with Crippen molar-refractivity contribution in [3.63, 3.8) is 0 Å². The van der Waals surface area contributed by atoms with Gasteiger partial charge in [-0.1, -0.05) is 97.1 Å². The summed E-state index contributed by atoms with van der Waals surface area (Å²) in [5, 5.41) is 2.05. The summed E-state index contributed by atoms with van der Waals surface area (Å²) in [4.78, 5) is 40.8. The van der Waals surface area contributed by atoms with Crippen molar-refractivity contribution in [3.05, 3.63) is 131 Å². The fraction of sp³-hybridized carbons (Fsp3) is 0.194. The van der Waals surface area contributed by atoms with Crippen LogP contribution in [0.5, 0.6) is 0 Å². The lowest BCUT2D eigenvalue weighted by molar-refractivity contribution is -0.154. The molecule has 2 aliphatic heterocycles. The number of hydrogen-bond donors (Lipinski definition) is 1. The Hall–Kier alpha value is -4.31. The molecule has 1 saturated heterocycles. The number of esters is 1. The molecule has 2 heterocycles. The zero-order chi connectivity index (χ0) is 29.0. The van der Waals surface area contributed by atoms with Gasteiger partial charge in [0.25, 0.3) is 5.91 Å². The first-order valence-corrected chi connectivity index (χ1v) is 13.8. The molecule has 41 heavy (non-hydrogen) atoms. The zero-order valence-electron chi connectivity index (χ0n) is 21.6. The van der Waals surface area contributed by atoms with Crippen molar-refractivity contribution in [3.8, 4) is 0 Å². The second-order valence-electron chi connectivity index (χ2n) is 9.47. The minimum absolute atomic E-state index is 0.0101. The van der Waals surface area contributed by atoms with Gasteiger partial charge in [0, 0.05) is 11.8 Å². The number of β-lactam (4-membered cyclic amide) rings is 1. The van der Waals surface area contributed by atoms with E-state index in [1.54, 1.807) is 72.8 Å². The van der Waals surface area contributed by atoms with Crippen molar-refractivity contribution < 1.29 is 32.3 Å². The molecule has 3 aromatic carbocycles. The highest BCUT2D eigenvalue weighted by atomic mass is 32.2. The summed E-state index contributed by atoms with van der Waals surface area (Å²) in [6.45, 7) is 0. The fourth-order valence-corrected chi connectivity index (χ4v) is 6.03. The number of carbonyl (C=O) groups excluding carboxylic acids is 3. The van der Waals surface area contributed by atoms with Gasteiger partial charge in [0.2, 0.25) is 5.91 Å². The Bertz CT molecular complexity index is 1440. The monoisotopic (exact) mass is 578 g/mol. The molecule has 2 aliphatic rings. The Balaban J connectivity index is 1.42. The van der Waals surface area contributed by atoms with E-state index in [9.17, 15) is 27.6 Å². The Morgan fingerprint density at radius 1 is 0.951 bits per heavy atom. The Morgan fingerprint density at radius 2 is 1.51 bits per heavy atom. The first-order valence-electron chi connectivity index (χ1n) is 12.8. The molecule has 10 heteroatoms. The molecule has 0 bridgehead atoms. The zero-order valence-corrected chi connectivity index (χ0v) is 22.4. The van der Waals surface area contributed by atoms with Crippen LogP contribution in [0.2, 0.25) is 0 Å². The maximum Gasteiger partial charge on any atom is 0.409 e. The smallest absolute Gasteiger partial charge is 0.409 e. The highest BCUT2D eigenvalue weighted by molar-refractivity contribution is 8.00. The Labute approximate surface area is 238 Å². The van der Waals surface area contributed by atoms with Crippen LogP contribution in [-0.2, 0) is 25.5 Å². The molecule has 3 aromatic rings. The number of benzene rings is 3. The van der Waals surface area contributed by atoms with Crippen molar-refractivity contribution >= 4 is 29.5 Å². The first kappa shape index (κ1) is 28.2. The van der Waals surface area contributed by atoms with Crippen LogP contribution < -0.4 is 5.32 Å². The molecule has 2 unspecified atom stereocenters. The minimum atomic E-state index is -4.62. The molecule has 0 aliphatic carbocycles. The van der Waals surface area contributed by atoms with Crippen LogP contribution in [0.3, 0.4) is 0 Å². The third kappa shape index (κ3) is 6.54. The topological polar surface area (TPSA) is 75.7 Å². The molecule has 0 aromatic heterocycles. The molecule has 2 atom stereocenters. The highest BCUT2D eigenvalue weighted by Crippen LogP contribution is 2.42. The van der Waals surface area contributed by atoms with Gasteiger partial charge < -0.3 is 10.1 Å². The van der Waals surface area contributed by atoms with Crippen LogP contribution >= 0.6 is 11.8 Å². The number of thioether (sulfide) groups is 1. The maximum atomic E-state index is 13.7. The van der Waals surface area contributed by atoms with E-state index in [0.717, 1.165) is 16.5 Å². The summed E-state index contributed by atoms with van der Waals surface area (Å²) in [7, 11) is 0. The number of rotatable bonds is 8. The van der Waals surface area contributed by atoms with Gasteiger partial charge >= 0.3 is 12.1 Å². The normalized spacial score (nSPS) is 18.7. The van der Waals surface area contributed by atoms with Crippen molar-refractivity contribution in [2.24, 2.45) is 0 Å². The standard InChI is InChI=1S/C31H25F3N2O4S/c32-31(33,34)17-16-23-19-41-29-25(35-24(37)18-20-10-4-1-5-11-20)28(38)36(29)26(23)30(39)40-27(21-12-6-2-7-13-21)22-14-8-3-9-15-22/h1-17,25,27,29H,18-19H2,(H,35,37)/b17-16+. The molecule has 0 radical (unpaired) electrons. The first-order chi connectivity index (χ1) is 19.7. The predicted octanol–water partition coefficient (Wildman–Crippen LogP) is 5.33. The minimum Gasteiger partial charge on any atom is -0.448 e. The molecule has 210 valence electrons. The summed E-state index contributed by atoms with van der Waals surface area (Å²) in [5.41, 5.74) is 1.83. The molecular formula is C31H25F3N2O4S. The Morgan fingerprint density at radius 3 is 2.07 bits per heavy atom. The van der Waals surface area contributed by atoms with E-state index in [1.807, 2.05) is 18.2 Å². The molecule has 1 N–H and O–H groups in total. The summed E-state index contributed by atoms with van der Waals surface area (Å²) in [5.74, 6) is -1.89. The summed E-state index contributed by atoms with van der Waals surface area (Å²) < 4.78 is 45.2. The van der Waals surface area contributed by atoms with Gasteiger partial charge in [-0.15, -0.1) is 11.8 Å². The third-order valence-corrected chi connectivity index (χ3v) is 7.92. The molecule has 1 fully saturated rings. The van der Waals surface area contributed by atoms with Gasteiger partial charge in [-0.3, -0.25) is 14.5 Å². The van der Waals surface area contributed by atoms with Gasteiger partial charge in [-0.2, -0.15) is 13.2 Å². The van der Waals surface area contributed by atoms with E-state index in [1.165, 1.54) is 11.8 Å². The van der Waals surface area contributed by atoms with Crippen LogP contribution in [0.4, 0.5) is 13.2 Å². The number of allylic oxidation sites excluding steroid dienone is 2. The number of ether oxygens (including phenoxy) is 1. The van der Waals surface area contributed by atoms with Crippen molar-refractivity contribution in [2.75, 3.05) is 5.75 Å². The highest BCUT2D eigenvalue weighted by Gasteiger charge is 2.54. The van der Waals surface area contributed by atoms with Crippen LogP contribution in [0, 0.1) is 0 Å². The van der Waals surface area contributed by atoms with E-state index in [-0.39, 0.29) is 35.4 Å². The maximum absolute atomic E-state index is 13.7. The largest absolute Gasteiger partial charge is 0.448 e. The van der Waals surface area contributed by atoms with Gasteiger partial charge in [-0.25, -0.2) is 4.79 Å². The van der Waals surface area contributed by atoms with Crippen molar-refractivity contribution in [1.82, 2.24) is 10.2 Å². The van der Waals surface area contributed by atoms with Gasteiger partial charge in [0.05, 0.1) is 6.42 Å². The number of hydrogen-bond acceptors (Lipinski definition) is 5. The number of amides is 2. The average molecular weight is 579 g/mol. The van der Waals surface area contributed by atoms with E-state index in [4.69, 9.17) is 4.74 Å². The number of alkyl halides is 3. The number of halogens is 3. The van der Waals surface area contributed by atoms with Gasteiger partial charge in [0.15, 0.2) is 6.10 Å². The molecule has 6 nitrogen and oxygen atoms in total. The lowest BCUT2D eigenvalue weighted by atomic mass is 10.00. The van der Waals surface area contributed by atoms with E-state index in [0.29, 0.717) is 11.1 Å². The molecule has 0 spiro atoms. The molecule has 0 saturated carbocycles. The van der Waals surface area contributed by atoms with Crippen LogP contribution in [0.25, 0.3) is 0 Å². The second kappa shape index (κ2) is 12.1. The molecular weight excluding hydrogens is 553 g/mol. The SMILES string of the molecule is O=C(Cc1ccccc1)NC1C(=O)N2C(C(=O)OC(c3ccccc3)c3ccccc3)=C(/C=C/C(F)(F)F)CSC12. The average Bonchev–Trinajstić information content (AvgIpc) is 2.98. The predicted molar refractivity (Wildman–Crippen MR) is 148 cm³/mol. The van der Waals surface area contributed by atoms with Gasteiger partial charge in [0.1, 0.15) is 17.1 Å². The van der Waals surface area contributed by atoms with Crippen molar-refractivity contribution in [2.45, 2.75) is 30.1 Å². The third-order valence-electron chi connectivity index (χ3n) is 6.62. The molecule has 5 rings (SSSR count). The lowest BCUT2D eigenvalue weighted by Crippen LogP contribution is -2.70. The van der Waals surface area contributed by atoms with E-state index in [2.05, 4.69) is 5.32 Å². The second-order valence-corrected chi connectivity index (χ2v) is 10.6. The van der Waals surface area contributed by atoms with Crippen LogP contribution in [-0.4, -0.2) is 46.0 Å². The summed E-state index contributed by atoms with van der Waals surface area (Å²) in [6.07, 6.45) is -4.59. The number of nitrogens with one attached hydrogen (secondary N) is 1. The summed E-state index contributed by atoms with van der Waals surface area (Å²) in [6, 6.07) is 25.9. The number of nitrogens with zero attached hydrogens (tertiary/aromatic N) is 1. The van der Waals surface area contributed by atoms with Crippen molar-refractivity contribution in [1.29, 1.82) is 0 Å². The van der Waals surface area contributed by atoms with E-state index >= 15 is 0 Å². The number of carbonyl (C=O) groups is 3.